The average Bonchev–Trinajstić information content (AvgIpc) is 3.32. The summed E-state index contributed by atoms with van der Waals surface area (Å²) >= 11 is 0. The molecule has 6 atom stereocenters. The molecule has 3 aliphatic rings. The van der Waals surface area contributed by atoms with Gasteiger partial charge in [-0.3, -0.25) is 10.1 Å². The van der Waals surface area contributed by atoms with E-state index in [0.717, 1.165) is 35.1 Å². The number of hydrogen-bond donors (Lipinski definition) is 3. The summed E-state index contributed by atoms with van der Waals surface area (Å²) in [5.74, 6) is -1.80. The summed E-state index contributed by atoms with van der Waals surface area (Å²) in [6, 6.07) is 28.8. The molecule has 0 aromatic heterocycles. The van der Waals surface area contributed by atoms with E-state index in [1.807, 2.05) is 66.7 Å². The quantitative estimate of drug-likeness (QED) is 0.0332. The summed E-state index contributed by atoms with van der Waals surface area (Å²) in [4.78, 5) is 45.9. The lowest BCUT2D eigenvalue weighted by Crippen LogP contribution is -2.69. The lowest BCUT2D eigenvalue weighted by atomic mass is 9.55. The van der Waals surface area contributed by atoms with Gasteiger partial charge in [0, 0.05) is 56.8 Å². The summed E-state index contributed by atoms with van der Waals surface area (Å²) in [6.45, 7) is 4.54. The molecule has 15 heteroatoms. The van der Waals surface area contributed by atoms with Gasteiger partial charge in [-0.2, -0.15) is 0 Å². The number of unbranched alkanes of at least 4 members (excludes halogenated alkanes) is 2. The maximum Gasteiger partial charge on any atom is 0.415 e. The number of non-ortho nitro benzene ring substituents is 1. The molecule has 4 aromatic rings. The zero-order chi connectivity index (χ0) is 45.8. The molecule has 0 saturated heterocycles. The van der Waals surface area contributed by atoms with Crippen LogP contribution in [-0.2, 0) is 22.7 Å². The van der Waals surface area contributed by atoms with E-state index in [-0.39, 0.29) is 68.6 Å². The minimum atomic E-state index is -1.57. The van der Waals surface area contributed by atoms with Crippen molar-refractivity contribution in [1.82, 2.24) is 10.2 Å². The highest BCUT2D eigenvalue weighted by Crippen LogP contribution is 2.62. The Morgan fingerprint density at radius 2 is 1.60 bits per heavy atom. The van der Waals surface area contributed by atoms with Crippen molar-refractivity contribution >= 4 is 23.6 Å². The van der Waals surface area contributed by atoms with Crippen LogP contribution in [-0.4, -0.2) is 76.6 Å². The summed E-state index contributed by atoms with van der Waals surface area (Å²) in [5.41, 5.74) is 3.85. The van der Waals surface area contributed by atoms with Crippen LogP contribution < -0.4 is 19.5 Å². The number of carbonyl (C=O) groups is 2. The van der Waals surface area contributed by atoms with E-state index in [1.165, 1.54) is 29.2 Å². The number of ether oxygens (including phenoxy) is 4. The van der Waals surface area contributed by atoms with Crippen LogP contribution in [0.2, 0.25) is 0 Å². The molecule has 7 rings (SSSR count). The highest BCUT2D eigenvalue weighted by atomic mass is 16.7. The van der Waals surface area contributed by atoms with E-state index in [2.05, 4.69) is 18.0 Å². The SMILES string of the molecule is C=CCO[C@@]12Oc3ccc(OC(=O)NCc4ccccc4)cc3[C@H]3[C@H](CCCCO)[C@@H](CCCCO)C=C(C(=NOCc4ccccc4)C[C@@H]1N(C)C(=O)Oc1ccc([N+](=O)[O-])cc1)[C@H]32. The van der Waals surface area contributed by atoms with E-state index >= 15 is 0 Å². The first-order chi connectivity index (χ1) is 31.6. The number of amides is 2. The second-order valence-corrected chi connectivity index (χ2v) is 16.5. The number of aliphatic hydroxyl groups is 2. The van der Waals surface area contributed by atoms with E-state index in [1.54, 1.807) is 25.3 Å². The van der Waals surface area contributed by atoms with Crippen molar-refractivity contribution in [3.05, 3.63) is 154 Å². The number of nitrogens with zero attached hydrogens (tertiary/aromatic N) is 3. The van der Waals surface area contributed by atoms with E-state index in [4.69, 9.17) is 28.9 Å². The molecular formula is C50H56N4O11. The van der Waals surface area contributed by atoms with E-state index in [9.17, 15) is 29.9 Å². The molecule has 342 valence electrons. The third-order valence-corrected chi connectivity index (χ3v) is 12.4. The van der Waals surface area contributed by atoms with Crippen LogP contribution in [0.1, 0.15) is 67.6 Å². The Hall–Kier alpha value is -6.55. The van der Waals surface area contributed by atoms with E-state index in [0.29, 0.717) is 42.9 Å². The van der Waals surface area contributed by atoms with Gasteiger partial charge < -0.3 is 44.2 Å². The van der Waals surface area contributed by atoms with Gasteiger partial charge in [0.05, 0.1) is 23.2 Å². The van der Waals surface area contributed by atoms with Gasteiger partial charge in [-0.1, -0.05) is 90.8 Å². The van der Waals surface area contributed by atoms with Gasteiger partial charge in [0.1, 0.15) is 29.9 Å². The Kier molecular flexibility index (Phi) is 15.6. The molecule has 0 spiro atoms. The first-order valence-electron chi connectivity index (χ1n) is 22.1. The number of likely N-dealkylation sites (N-methyl/N-ethyl adjacent to an activating group) is 1. The molecular weight excluding hydrogens is 833 g/mol. The third kappa shape index (κ3) is 10.9. The van der Waals surface area contributed by atoms with Crippen molar-refractivity contribution in [3.8, 4) is 17.2 Å². The normalized spacial score (nSPS) is 22.3. The van der Waals surface area contributed by atoms with Gasteiger partial charge in [0.2, 0.25) is 5.79 Å². The van der Waals surface area contributed by atoms with Crippen molar-refractivity contribution in [2.24, 2.45) is 22.9 Å². The number of benzene rings is 4. The average molecular weight is 889 g/mol. The number of fused-ring (bicyclic) bond motifs is 2. The van der Waals surface area contributed by atoms with Crippen LogP contribution in [0.25, 0.3) is 0 Å². The number of carbonyl (C=O) groups excluding carboxylic acids is 2. The van der Waals surface area contributed by atoms with Crippen molar-refractivity contribution in [2.45, 2.75) is 75.8 Å². The van der Waals surface area contributed by atoms with Crippen molar-refractivity contribution in [1.29, 1.82) is 0 Å². The van der Waals surface area contributed by atoms with Gasteiger partial charge in [0.25, 0.3) is 5.69 Å². The zero-order valence-electron chi connectivity index (χ0n) is 36.5. The third-order valence-electron chi connectivity index (χ3n) is 12.4. The second kappa shape index (κ2) is 21.9. The number of nitro benzene ring substituents is 1. The smallest absolute Gasteiger partial charge is 0.415 e. The van der Waals surface area contributed by atoms with Crippen LogP contribution in [0.3, 0.4) is 0 Å². The van der Waals surface area contributed by atoms with E-state index < -0.39 is 34.9 Å². The molecule has 3 N–H and O–H groups in total. The summed E-state index contributed by atoms with van der Waals surface area (Å²) < 4.78 is 25.8. The van der Waals surface area contributed by atoms with Gasteiger partial charge in [-0.15, -0.1) is 6.58 Å². The standard InChI is InChI=1S/C50H56N4O11/c1-3-28-61-50-45(53(2)49(58)64-38-22-20-37(21-23-38)54(59)60)31-43(52-62-33-35-16-8-5-9-17-35)41-29-36(18-10-12-26-55)40(19-11-13-27-56)46(47(41)50)42-30-39(24-25-44(42)65-50)63-48(57)51-32-34-14-6-4-7-15-34/h3-9,14-17,20-25,29-30,36,40,45-47,55-56H,1,10-13,18-19,26-28,31-33H2,2H3,(H,51,57)/t36-,40+,45-,46+,47+,50+/m0/s1. The minimum Gasteiger partial charge on any atom is -0.459 e. The van der Waals surface area contributed by atoms with Crippen LogP contribution in [0, 0.1) is 27.9 Å². The summed E-state index contributed by atoms with van der Waals surface area (Å²) in [5, 5.41) is 38.9. The number of rotatable bonds is 20. The molecule has 4 aromatic carbocycles. The van der Waals surface area contributed by atoms with Gasteiger partial charge in [-0.05, 0) is 84.6 Å². The largest absolute Gasteiger partial charge is 0.459 e. The Labute approximate surface area is 378 Å². The Balaban J connectivity index is 1.35. The molecule has 15 nitrogen and oxygen atoms in total. The Bertz CT molecular complexity index is 2320. The number of aliphatic hydroxyl groups excluding tert-OH is 2. The number of oxime groups is 1. The van der Waals surface area contributed by atoms with Crippen molar-refractivity contribution in [2.75, 3.05) is 26.9 Å². The molecule has 1 saturated carbocycles. The predicted octanol–water partition coefficient (Wildman–Crippen LogP) is 8.85. The Morgan fingerprint density at radius 3 is 2.28 bits per heavy atom. The fraction of sp³-hybridized carbons (Fsp3) is 0.380. The molecule has 0 bridgehead atoms. The predicted molar refractivity (Wildman–Crippen MR) is 242 cm³/mol. The molecule has 65 heavy (non-hydrogen) atoms. The monoisotopic (exact) mass is 888 g/mol. The topological polar surface area (TPSA) is 192 Å². The second-order valence-electron chi connectivity index (χ2n) is 16.5. The first kappa shape index (κ1) is 46.4. The molecule has 1 heterocycles. The highest BCUT2D eigenvalue weighted by molar-refractivity contribution is 6.03. The number of nitro groups is 1. The lowest BCUT2D eigenvalue weighted by molar-refractivity contribution is -0.384. The fourth-order valence-corrected chi connectivity index (χ4v) is 9.40. The van der Waals surface area contributed by atoms with Crippen LogP contribution in [0.15, 0.2) is 133 Å². The maximum atomic E-state index is 14.3. The number of allylic oxidation sites excluding steroid dienone is 1. The molecule has 2 aliphatic carbocycles. The number of hydrogen-bond acceptors (Lipinski definition) is 12. The van der Waals surface area contributed by atoms with Crippen LogP contribution in [0.5, 0.6) is 17.2 Å². The van der Waals surface area contributed by atoms with Crippen LogP contribution in [0.4, 0.5) is 15.3 Å². The first-order valence-corrected chi connectivity index (χ1v) is 22.1. The molecule has 0 unspecified atom stereocenters. The summed E-state index contributed by atoms with van der Waals surface area (Å²) in [7, 11) is 1.59. The van der Waals surface area contributed by atoms with Crippen molar-refractivity contribution in [3.63, 3.8) is 0 Å². The van der Waals surface area contributed by atoms with Gasteiger partial charge in [0.15, 0.2) is 0 Å². The van der Waals surface area contributed by atoms with Crippen molar-refractivity contribution < 1.29 is 48.5 Å². The maximum absolute atomic E-state index is 14.3. The Morgan fingerprint density at radius 1 is 0.923 bits per heavy atom. The number of nitrogens with one attached hydrogen (secondary N) is 1. The molecule has 1 fully saturated rings. The van der Waals surface area contributed by atoms with Gasteiger partial charge >= 0.3 is 12.2 Å². The lowest BCUT2D eigenvalue weighted by Gasteiger charge is -2.59. The van der Waals surface area contributed by atoms with Crippen LogP contribution >= 0.6 is 0 Å². The molecule has 2 amide bonds. The molecule has 0 radical (unpaired) electrons. The summed E-state index contributed by atoms with van der Waals surface area (Å²) in [6.07, 6.45) is 6.68. The fourth-order valence-electron chi connectivity index (χ4n) is 9.40. The van der Waals surface area contributed by atoms with Gasteiger partial charge in [-0.25, -0.2) is 9.59 Å². The highest BCUT2D eigenvalue weighted by Gasteiger charge is 2.65. The minimum absolute atomic E-state index is 0.0263. The molecule has 1 aliphatic heterocycles. The zero-order valence-corrected chi connectivity index (χ0v) is 36.5.